The SMILES string of the molecule is C=C(C#N)C(OC)OC. The topological polar surface area (TPSA) is 42.2 Å². The van der Waals surface area contributed by atoms with Crippen molar-refractivity contribution in [2.45, 2.75) is 6.29 Å². The first-order chi connectivity index (χ1) is 4.26. The zero-order valence-electron chi connectivity index (χ0n) is 5.55. The van der Waals surface area contributed by atoms with Gasteiger partial charge >= 0.3 is 0 Å². The van der Waals surface area contributed by atoms with Crippen molar-refractivity contribution in [3.8, 4) is 6.07 Å². The number of ether oxygens (including phenoxy) is 2. The number of nitrogens with zero attached hydrogens (tertiary/aromatic N) is 1. The van der Waals surface area contributed by atoms with Crippen molar-refractivity contribution in [2.24, 2.45) is 0 Å². The summed E-state index contributed by atoms with van der Waals surface area (Å²) in [5.74, 6) is 0. The Kier molecular flexibility index (Phi) is 3.69. The van der Waals surface area contributed by atoms with Gasteiger partial charge in [-0.05, 0) is 0 Å². The largest absolute Gasteiger partial charge is 0.351 e. The van der Waals surface area contributed by atoms with Crippen molar-refractivity contribution in [1.29, 1.82) is 5.26 Å². The normalized spacial score (nSPS) is 9.11. The lowest BCUT2D eigenvalue weighted by atomic mass is 10.3. The molecule has 3 heteroatoms. The molecule has 0 fully saturated rings. The van der Waals surface area contributed by atoms with Crippen molar-refractivity contribution in [3.63, 3.8) is 0 Å². The third-order valence-electron chi connectivity index (χ3n) is 0.856. The van der Waals surface area contributed by atoms with Crippen LogP contribution in [0.4, 0.5) is 0 Å². The molecule has 9 heavy (non-hydrogen) atoms. The first-order valence-electron chi connectivity index (χ1n) is 2.40. The molecule has 0 aliphatic heterocycles. The second-order valence-corrected chi connectivity index (χ2v) is 1.44. The predicted octanol–water partition coefficient (Wildman–Crippen LogP) is 0.685. The number of hydrogen-bond donors (Lipinski definition) is 0. The predicted molar refractivity (Wildman–Crippen MR) is 32.6 cm³/mol. The highest BCUT2D eigenvalue weighted by atomic mass is 16.7. The molecule has 0 aliphatic rings. The minimum atomic E-state index is -0.588. The van der Waals surface area contributed by atoms with Crippen molar-refractivity contribution in [3.05, 3.63) is 12.2 Å². The Hall–Kier alpha value is -0.850. The highest BCUT2D eigenvalue weighted by Crippen LogP contribution is 2.01. The minimum absolute atomic E-state index is 0.278. The summed E-state index contributed by atoms with van der Waals surface area (Å²) in [5.41, 5.74) is 0.278. The molecule has 0 heterocycles. The van der Waals surface area contributed by atoms with Gasteiger partial charge in [-0.1, -0.05) is 6.58 Å². The van der Waals surface area contributed by atoms with E-state index in [1.807, 2.05) is 6.07 Å². The summed E-state index contributed by atoms with van der Waals surface area (Å²) in [7, 11) is 2.91. The van der Waals surface area contributed by atoms with E-state index in [0.717, 1.165) is 0 Å². The maximum absolute atomic E-state index is 8.26. The summed E-state index contributed by atoms with van der Waals surface area (Å²) in [6.07, 6.45) is -0.588. The summed E-state index contributed by atoms with van der Waals surface area (Å²) in [4.78, 5) is 0. The van der Waals surface area contributed by atoms with E-state index in [-0.39, 0.29) is 5.57 Å². The first kappa shape index (κ1) is 8.15. The molecule has 0 unspecified atom stereocenters. The Balaban J connectivity index is 3.83. The van der Waals surface area contributed by atoms with E-state index in [2.05, 4.69) is 6.58 Å². The number of methoxy groups -OCH3 is 2. The number of hydrogen-bond acceptors (Lipinski definition) is 3. The van der Waals surface area contributed by atoms with Crippen molar-refractivity contribution in [2.75, 3.05) is 14.2 Å². The fourth-order valence-electron chi connectivity index (χ4n) is 0.433. The lowest BCUT2D eigenvalue weighted by molar-refractivity contribution is -0.0716. The van der Waals surface area contributed by atoms with Gasteiger partial charge in [0.2, 0.25) is 0 Å². The monoisotopic (exact) mass is 127 g/mol. The molecule has 0 rings (SSSR count). The van der Waals surface area contributed by atoms with E-state index in [0.29, 0.717) is 0 Å². The van der Waals surface area contributed by atoms with Gasteiger partial charge in [0, 0.05) is 14.2 Å². The molecular formula is C6H9NO2. The zero-order valence-corrected chi connectivity index (χ0v) is 5.55. The average molecular weight is 127 g/mol. The molecule has 0 amide bonds. The molecule has 0 aromatic carbocycles. The molecule has 0 saturated carbocycles. The van der Waals surface area contributed by atoms with Gasteiger partial charge in [0.05, 0.1) is 11.6 Å². The van der Waals surface area contributed by atoms with Crippen LogP contribution < -0.4 is 0 Å². The molecule has 0 atom stereocenters. The van der Waals surface area contributed by atoms with Gasteiger partial charge in [0.15, 0.2) is 6.29 Å². The van der Waals surface area contributed by atoms with Crippen LogP contribution in [-0.2, 0) is 9.47 Å². The lowest BCUT2D eigenvalue weighted by Crippen LogP contribution is -2.13. The van der Waals surface area contributed by atoms with E-state index in [4.69, 9.17) is 14.7 Å². The summed E-state index contributed by atoms with van der Waals surface area (Å²) >= 11 is 0. The van der Waals surface area contributed by atoms with Crippen LogP contribution in [0, 0.1) is 11.3 Å². The maximum atomic E-state index is 8.26. The zero-order chi connectivity index (χ0) is 7.28. The standard InChI is InChI=1S/C6H9NO2/c1-5(4-7)6(8-2)9-3/h6H,1H2,2-3H3. The molecule has 0 bridgehead atoms. The molecule has 0 aromatic heterocycles. The Morgan fingerprint density at radius 2 is 2.00 bits per heavy atom. The molecule has 0 spiro atoms. The Bertz CT molecular complexity index is 132. The third kappa shape index (κ3) is 2.27. The molecule has 0 radical (unpaired) electrons. The van der Waals surface area contributed by atoms with E-state index < -0.39 is 6.29 Å². The summed E-state index contributed by atoms with van der Waals surface area (Å²) < 4.78 is 9.42. The van der Waals surface area contributed by atoms with E-state index in [1.165, 1.54) is 14.2 Å². The van der Waals surface area contributed by atoms with Crippen LogP contribution in [0.3, 0.4) is 0 Å². The highest BCUT2D eigenvalue weighted by molar-refractivity contribution is 5.18. The Morgan fingerprint density at radius 3 is 2.11 bits per heavy atom. The van der Waals surface area contributed by atoms with Gasteiger partial charge < -0.3 is 9.47 Å². The van der Waals surface area contributed by atoms with E-state index in [1.54, 1.807) is 0 Å². The summed E-state index contributed by atoms with van der Waals surface area (Å²) in [6.45, 7) is 3.40. The smallest absolute Gasteiger partial charge is 0.192 e. The molecule has 0 aromatic rings. The average Bonchev–Trinajstić information content (AvgIpc) is 1.90. The van der Waals surface area contributed by atoms with Gasteiger partial charge in [-0.25, -0.2) is 0 Å². The highest BCUT2D eigenvalue weighted by Gasteiger charge is 2.07. The quantitative estimate of drug-likeness (QED) is 0.413. The number of nitriles is 1. The summed E-state index contributed by atoms with van der Waals surface area (Å²) in [5, 5.41) is 8.26. The van der Waals surface area contributed by atoms with Crippen LogP contribution in [-0.4, -0.2) is 20.5 Å². The van der Waals surface area contributed by atoms with Gasteiger partial charge in [-0.15, -0.1) is 0 Å². The fraction of sp³-hybridized carbons (Fsp3) is 0.500. The third-order valence-corrected chi connectivity index (χ3v) is 0.856. The van der Waals surface area contributed by atoms with Gasteiger partial charge in [0.1, 0.15) is 0 Å². The van der Waals surface area contributed by atoms with Crippen molar-refractivity contribution < 1.29 is 9.47 Å². The van der Waals surface area contributed by atoms with Crippen LogP contribution >= 0.6 is 0 Å². The fourth-order valence-corrected chi connectivity index (χ4v) is 0.433. The summed E-state index contributed by atoms with van der Waals surface area (Å²) in [6, 6.07) is 1.82. The van der Waals surface area contributed by atoms with E-state index >= 15 is 0 Å². The van der Waals surface area contributed by atoms with Gasteiger partial charge in [0.25, 0.3) is 0 Å². The Labute approximate surface area is 54.5 Å². The molecule has 50 valence electrons. The van der Waals surface area contributed by atoms with Crippen molar-refractivity contribution >= 4 is 0 Å². The van der Waals surface area contributed by atoms with Crippen LogP contribution in [0.5, 0.6) is 0 Å². The van der Waals surface area contributed by atoms with Gasteiger partial charge in [-0.3, -0.25) is 0 Å². The van der Waals surface area contributed by atoms with Crippen LogP contribution in [0.25, 0.3) is 0 Å². The van der Waals surface area contributed by atoms with Gasteiger partial charge in [-0.2, -0.15) is 5.26 Å². The maximum Gasteiger partial charge on any atom is 0.192 e. The second-order valence-electron chi connectivity index (χ2n) is 1.44. The minimum Gasteiger partial charge on any atom is -0.351 e. The molecule has 0 aliphatic carbocycles. The number of rotatable bonds is 3. The molecule has 3 nitrogen and oxygen atoms in total. The molecular weight excluding hydrogens is 118 g/mol. The Morgan fingerprint density at radius 1 is 1.56 bits per heavy atom. The van der Waals surface area contributed by atoms with E-state index in [9.17, 15) is 0 Å². The second kappa shape index (κ2) is 4.07. The van der Waals surface area contributed by atoms with Crippen molar-refractivity contribution in [1.82, 2.24) is 0 Å². The first-order valence-corrected chi connectivity index (χ1v) is 2.40. The molecule has 0 saturated heterocycles. The van der Waals surface area contributed by atoms with Crippen LogP contribution in [0.15, 0.2) is 12.2 Å². The lowest BCUT2D eigenvalue weighted by Gasteiger charge is -2.09. The van der Waals surface area contributed by atoms with Crippen LogP contribution in [0.2, 0.25) is 0 Å². The van der Waals surface area contributed by atoms with Crippen LogP contribution in [0.1, 0.15) is 0 Å². The molecule has 0 N–H and O–H groups in total.